The van der Waals surface area contributed by atoms with Gasteiger partial charge in [0.05, 0.1) is 32.2 Å². The third kappa shape index (κ3) is 3.93. The number of aliphatic carboxylic acids is 1. The van der Waals surface area contributed by atoms with Gasteiger partial charge in [0.15, 0.2) is 0 Å². The Morgan fingerprint density at radius 2 is 1.79 bits per heavy atom. The van der Waals surface area contributed by atoms with Gasteiger partial charge in [-0.3, -0.25) is 9.59 Å². The highest BCUT2D eigenvalue weighted by Crippen LogP contribution is 2.71. The van der Waals surface area contributed by atoms with E-state index in [-0.39, 0.29) is 24.7 Å². The van der Waals surface area contributed by atoms with Gasteiger partial charge in [-0.2, -0.15) is 0 Å². The van der Waals surface area contributed by atoms with Crippen LogP contribution in [0.15, 0.2) is 11.6 Å². The molecule has 3 N–H and O–H groups in total. The number of hydrogen-bond donors (Lipinski definition) is 3. The molecule has 2 saturated carbocycles. The van der Waals surface area contributed by atoms with Crippen LogP contribution in [0.25, 0.3) is 0 Å². The van der Waals surface area contributed by atoms with Crippen molar-refractivity contribution in [1.29, 1.82) is 0 Å². The number of methoxy groups -OCH3 is 1. The molecule has 0 radical (unpaired) electrons. The van der Waals surface area contributed by atoms with Crippen molar-refractivity contribution in [3.05, 3.63) is 11.6 Å². The standard InChI is InChI=1S/C27H36O12/c1-11(2)12(3)7-17(31)39-19-21-26-10-37-27(21,24(35)36-6)22(33)18(32)20(26)25(5,9-16(29)30)14(13(4)28)8-15(26)38-23(19)34/h7,11,14-15,18-22,32-33H,8-10H2,1-6H3,(H,29,30)/b12-7+/t14-,15+,18+,19+,20+,21+,22-,25-,26+,27+/m0/s1. The largest absolute Gasteiger partial charge is 0.481 e. The SMILES string of the molecule is COC(=O)[C@]12OC[C@]34[C@H]([C@@H](O)[C@@H]1O)[C@@](C)(CC(=O)O)[C@H](C(C)=O)C[C@H]3OC(=O)[C@H](OC(=O)/C=C(\C)C(C)C)[C@@H]24. The Morgan fingerprint density at radius 3 is 2.33 bits per heavy atom. The van der Waals surface area contributed by atoms with Gasteiger partial charge in [-0.05, 0) is 31.6 Å². The van der Waals surface area contributed by atoms with E-state index in [1.54, 1.807) is 6.92 Å². The van der Waals surface area contributed by atoms with Gasteiger partial charge in [0.1, 0.15) is 18.0 Å². The number of ether oxygens (including phenoxy) is 4. The van der Waals surface area contributed by atoms with Gasteiger partial charge in [-0.15, -0.1) is 0 Å². The van der Waals surface area contributed by atoms with E-state index in [0.29, 0.717) is 5.57 Å². The second-order valence-electron chi connectivity index (χ2n) is 11.9. The molecular formula is C27H36O12. The molecule has 0 amide bonds. The molecule has 0 unspecified atom stereocenters. The van der Waals surface area contributed by atoms with Gasteiger partial charge in [0.2, 0.25) is 11.7 Å². The minimum Gasteiger partial charge on any atom is -0.481 e. The third-order valence-corrected chi connectivity index (χ3v) is 9.66. The fourth-order valence-corrected chi connectivity index (χ4v) is 7.84. The van der Waals surface area contributed by atoms with E-state index in [0.717, 1.165) is 7.11 Å². The van der Waals surface area contributed by atoms with Gasteiger partial charge in [0.25, 0.3) is 0 Å². The Hall–Kier alpha value is -2.83. The molecule has 0 aromatic carbocycles. The topological polar surface area (TPSA) is 183 Å². The molecule has 2 aliphatic heterocycles. The van der Waals surface area contributed by atoms with Crippen molar-refractivity contribution in [2.24, 2.45) is 34.5 Å². The molecular weight excluding hydrogens is 516 g/mol. The van der Waals surface area contributed by atoms with Crippen LogP contribution < -0.4 is 0 Å². The maximum atomic E-state index is 13.4. The first-order valence-corrected chi connectivity index (χ1v) is 13.0. The molecule has 10 atom stereocenters. The maximum absolute atomic E-state index is 13.4. The zero-order chi connectivity index (χ0) is 29.2. The number of Topliss-reactive ketones (excluding diaryl/α,β-unsaturated/α-hetero) is 1. The monoisotopic (exact) mass is 552 g/mol. The average Bonchev–Trinajstić information content (AvgIpc) is 3.14. The molecule has 0 aromatic heterocycles. The number of carboxylic acids is 1. The number of rotatable bonds is 7. The predicted molar refractivity (Wildman–Crippen MR) is 130 cm³/mol. The molecule has 0 aromatic rings. The Kier molecular flexibility index (Phi) is 7.23. The number of esters is 3. The predicted octanol–water partition coefficient (Wildman–Crippen LogP) is 0.412. The van der Waals surface area contributed by atoms with Crippen LogP contribution in [0.2, 0.25) is 0 Å². The van der Waals surface area contributed by atoms with Crippen molar-refractivity contribution in [1.82, 2.24) is 0 Å². The summed E-state index contributed by atoms with van der Waals surface area (Å²) in [5.41, 5.74) is -4.60. The molecule has 4 rings (SSSR count). The first kappa shape index (κ1) is 29.2. The summed E-state index contributed by atoms with van der Waals surface area (Å²) >= 11 is 0. The first-order chi connectivity index (χ1) is 18.1. The third-order valence-electron chi connectivity index (χ3n) is 9.66. The van der Waals surface area contributed by atoms with Crippen LogP contribution >= 0.6 is 0 Å². The molecule has 1 spiro atoms. The van der Waals surface area contributed by atoms with Crippen LogP contribution in [0.5, 0.6) is 0 Å². The number of aliphatic hydroxyl groups excluding tert-OH is 2. The first-order valence-electron chi connectivity index (χ1n) is 13.0. The Labute approximate surface area is 225 Å². The second-order valence-corrected chi connectivity index (χ2v) is 11.9. The van der Waals surface area contributed by atoms with E-state index in [1.807, 2.05) is 13.8 Å². The van der Waals surface area contributed by atoms with E-state index in [4.69, 9.17) is 18.9 Å². The summed E-state index contributed by atoms with van der Waals surface area (Å²) in [6.45, 7) is 7.90. The molecule has 4 fully saturated rings. The minimum absolute atomic E-state index is 0.00521. The molecule has 4 aliphatic rings. The van der Waals surface area contributed by atoms with Crippen molar-refractivity contribution in [3.63, 3.8) is 0 Å². The number of allylic oxidation sites excluding steroid dienone is 1. The van der Waals surface area contributed by atoms with Crippen molar-refractivity contribution < 1.29 is 58.2 Å². The summed E-state index contributed by atoms with van der Waals surface area (Å²) < 4.78 is 22.3. The Bertz CT molecular complexity index is 1130. The minimum atomic E-state index is -2.32. The maximum Gasteiger partial charge on any atom is 0.348 e. The zero-order valence-electron chi connectivity index (χ0n) is 22.8. The highest BCUT2D eigenvalue weighted by Gasteiger charge is 2.85. The van der Waals surface area contributed by atoms with Gasteiger partial charge in [-0.1, -0.05) is 26.3 Å². The molecule has 12 heteroatoms. The number of aliphatic hydroxyl groups is 2. The van der Waals surface area contributed by atoms with Crippen LogP contribution in [-0.4, -0.2) is 88.7 Å². The highest BCUT2D eigenvalue weighted by atomic mass is 16.6. The van der Waals surface area contributed by atoms with Gasteiger partial charge >= 0.3 is 23.9 Å². The lowest BCUT2D eigenvalue weighted by Crippen LogP contribution is -2.79. The van der Waals surface area contributed by atoms with Gasteiger partial charge < -0.3 is 34.3 Å². The van der Waals surface area contributed by atoms with Crippen LogP contribution in [-0.2, 0) is 42.9 Å². The second kappa shape index (κ2) is 9.67. The lowest BCUT2D eigenvalue weighted by Gasteiger charge is -2.66. The fraction of sp³-hybridized carbons (Fsp3) is 0.741. The lowest BCUT2D eigenvalue weighted by molar-refractivity contribution is -0.290. The lowest BCUT2D eigenvalue weighted by atomic mass is 9.39. The molecule has 2 heterocycles. The molecule has 39 heavy (non-hydrogen) atoms. The Balaban J connectivity index is 1.95. The molecule has 216 valence electrons. The van der Waals surface area contributed by atoms with Crippen LogP contribution in [0, 0.1) is 34.5 Å². The number of ketones is 1. The van der Waals surface area contributed by atoms with Crippen LogP contribution in [0.3, 0.4) is 0 Å². The average molecular weight is 553 g/mol. The molecule has 2 saturated heterocycles. The summed E-state index contributed by atoms with van der Waals surface area (Å²) in [6.07, 6.45) is -6.09. The zero-order valence-corrected chi connectivity index (χ0v) is 22.8. The Morgan fingerprint density at radius 1 is 1.15 bits per heavy atom. The number of hydrogen-bond acceptors (Lipinski definition) is 11. The smallest absolute Gasteiger partial charge is 0.348 e. The number of carbonyl (C=O) groups is 5. The van der Waals surface area contributed by atoms with E-state index in [2.05, 4.69) is 0 Å². The van der Waals surface area contributed by atoms with Crippen molar-refractivity contribution in [2.75, 3.05) is 13.7 Å². The quantitative estimate of drug-likeness (QED) is 0.225. The summed E-state index contributed by atoms with van der Waals surface area (Å²) in [6, 6.07) is 0. The normalized spacial score (nSPS) is 42.8. The van der Waals surface area contributed by atoms with Crippen molar-refractivity contribution in [3.8, 4) is 0 Å². The van der Waals surface area contributed by atoms with E-state index < -0.39 is 88.9 Å². The molecule has 2 bridgehead atoms. The highest BCUT2D eigenvalue weighted by molar-refractivity contribution is 5.90. The van der Waals surface area contributed by atoms with Crippen LogP contribution in [0.1, 0.15) is 47.5 Å². The van der Waals surface area contributed by atoms with Gasteiger partial charge in [0, 0.05) is 23.3 Å². The van der Waals surface area contributed by atoms with Crippen LogP contribution in [0.4, 0.5) is 0 Å². The summed E-state index contributed by atoms with van der Waals surface area (Å²) in [5.74, 6) is -8.18. The van der Waals surface area contributed by atoms with Crippen molar-refractivity contribution >= 4 is 29.7 Å². The van der Waals surface area contributed by atoms with Gasteiger partial charge in [-0.25, -0.2) is 14.4 Å². The van der Waals surface area contributed by atoms with E-state index in [9.17, 15) is 39.3 Å². The summed E-state index contributed by atoms with van der Waals surface area (Å²) in [7, 11) is 1.05. The molecule has 12 nitrogen and oxygen atoms in total. The summed E-state index contributed by atoms with van der Waals surface area (Å²) in [4.78, 5) is 64.6. The number of carbonyl (C=O) groups excluding carboxylic acids is 4. The fourth-order valence-electron chi connectivity index (χ4n) is 7.84. The molecule has 2 aliphatic carbocycles. The number of carboxylic acid groups (broad SMARTS) is 1. The van der Waals surface area contributed by atoms with Crippen molar-refractivity contribution in [2.45, 2.75) is 77.5 Å². The van der Waals surface area contributed by atoms with E-state index >= 15 is 0 Å². The van der Waals surface area contributed by atoms with E-state index in [1.165, 1.54) is 19.9 Å². The summed E-state index contributed by atoms with van der Waals surface area (Å²) in [5, 5.41) is 32.9.